The van der Waals surface area contributed by atoms with Crippen molar-refractivity contribution < 1.29 is 14.3 Å². The van der Waals surface area contributed by atoms with Crippen molar-refractivity contribution >= 4 is 17.5 Å². The molecule has 0 spiro atoms. The maximum Gasteiger partial charge on any atom is 0.231 e. The van der Waals surface area contributed by atoms with Crippen molar-refractivity contribution in [1.29, 1.82) is 0 Å². The lowest BCUT2D eigenvalue weighted by Crippen LogP contribution is -2.42. The molecule has 2 aliphatic rings. The van der Waals surface area contributed by atoms with Crippen molar-refractivity contribution in [1.82, 2.24) is 9.88 Å². The van der Waals surface area contributed by atoms with Crippen LogP contribution in [-0.2, 0) is 9.59 Å². The Morgan fingerprint density at radius 2 is 1.79 bits per heavy atom. The van der Waals surface area contributed by atoms with Crippen molar-refractivity contribution in [2.24, 2.45) is 10.8 Å². The van der Waals surface area contributed by atoms with E-state index in [9.17, 15) is 9.59 Å². The smallest absolute Gasteiger partial charge is 0.231 e. The highest BCUT2D eigenvalue weighted by molar-refractivity contribution is 6.03. The molecule has 2 saturated carbocycles. The summed E-state index contributed by atoms with van der Waals surface area (Å²) in [6.45, 7) is 3.87. The van der Waals surface area contributed by atoms with Crippen LogP contribution in [0.15, 0.2) is 18.3 Å². The highest BCUT2D eigenvalue weighted by atomic mass is 16.5. The number of ether oxygens (including phenoxy) is 1. The molecule has 0 aromatic carbocycles. The van der Waals surface area contributed by atoms with Crippen LogP contribution in [0.5, 0.6) is 5.88 Å². The number of anilines is 1. The van der Waals surface area contributed by atoms with Gasteiger partial charge in [0.1, 0.15) is 0 Å². The van der Waals surface area contributed by atoms with Crippen molar-refractivity contribution in [3.05, 3.63) is 18.3 Å². The number of carbonyl (C=O) groups excluding carboxylic acids is 2. The summed E-state index contributed by atoms with van der Waals surface area (Å²) in [5, 5.41) is 2.94. The summed E-state index contributed by atoms with van der Waals surface area (Å²) in [6, 6.07) is 3.53. The minimum absolute atomic E-state index is 0.0550. The van der Waals surface area contributed by atoms with Crippen molar-refractivity contribution in [2.45, 2.75) is 45.6 Å². The third-order valence-electron chi connectivity index (χ3n) is 5.02. The zero-order chi connectivity index (χ0) is 17.5. The van der Waals surface area contributed by atoms with Crippen LogP contribution in [0, 0.1) is 10.8 Å². The average molecular weight is 331 g/mol. The summed E-state index contributed by atoms with van der Waals surface area (Å²) in [5.74, 6) is 0.550. The van der Waals surface area contributed by atoms with E-state index in [4.69, 9.17) is 4.74 Å². The third kappa shape index (κ3) is 2.74. The van der Waals surface area contributed by atoms with Gasteiger partial charge in [-0.25, -0.2) is 4.98 Å². The van der Waals surface area contributed by atoms with Crippen LogP contribution in [0.25, 0.3) is 0 Å². The molecule has 3 rings (SSSR count). The van der Waals surface area contributed by atoms with Crippen molar-refractivity contribution in [3.63, 3.8) is 0 Å². The van der Waals surface area contributed by atoms with E-state index >= 15 is 0 Å². The number of hydrogen-bond acceptors (Lipinski definition) is 4. The first kappa shape index (κ1) is 16.7. The second-order valence-corrected chi connectivity index (χ2v) is 7.37. The lowest BCUT2D eigenvalue weighted by Gasteiger charge is -2.27. The van der Waals surface area contributed by atoms with Gasteiger partial charge in [-0.1, -0.05) is 0 Å². The number of pyridine rings is 1. The Morgan fingerprint density at radius 1 is 1.17 bits per heavy atom. The van der Waals surface area contributed by atoms with E-state index in [1.165, 1.54) is 0 Å². The zero-order valence-corrected chi connectivity index (χ0v) is 14.8. The number of rotatable bonds is 6. The van der Waals surface area contributed by atoms with Crippen molar-refractivity contribution in [2.75, 3.05) is 19.4 Å². The number of hydrogen-bond donors (Lipinski definition) is 1. The van der Waals surface area contributed by atoms with Crippen LogP contribution in [0.4, 0.5) is 5.69 Å². The molecule has 2 amide bonds. The van der Waals surface area contributed by atoms with Gasteiger partial charge in [0.15, 0.2) is 0 Å². The third-order valence-corrected chi connectivity index (χ3v) is 5.02. The van der Waals surface area contributed by atoms with Gasteiger partial charge in [0.2, 0.25) is 17.7 Å². The number of nitrogens with zero attached hydrogens (tertiary/aromatic N) is 2. The predicted molar refractivity (Wildman–Crippen MR) is 90.7 cm³/mol. The van der Waals surface area contributed by atoms with E-state index in [1.54, 1.807) is 37.3 Å². The van der Waals surface area contributed by atoms with E-state index in [0.717, 1.165) is 25.7 Å². The Morgan fingerprint density at radius 3 is 2.21 bits per heavy atom. The number of amides is 2. The quantitative estimate of drug-likeness (QED) is 0.869. The van der Waals surface area contributed by atoms with Crippen LogP contribution in [0.3, 0.4) is 0 Å². The minimum atomic E-state index is -0.540. The first-order valence-corrected chi connectivity index (χ1v) is 8.47. The van der Waals surface area contributed by atoms with Crippen molar-refractivity contribution in [3.8, 4) is 5.88 Å². The standard InChI is InChI=1S/C18H25N3O3/c1-12(2)24-14-6-5-13(11-19-14)20-15(22)17(7-8-17)18(9-10-18)16(23)21(3)4/h5-6,11-12H,7-10H2,1-4H3,(H,20,22). The van der Waals surface area contributed by atoms with Gasteiger partial charge in [0.05, 0.1) is 28.8 Å². The first-order chi connectivity index (χ1) is 11.3. The van der Waals surface area contributed by atoms with E-state index in [1.807, 2.05) is 13.8 Å². The van der Waals surface area contributed by atoms with Crippen LogP contribution in [0.2, 0.25) is 0 Å². The molecule has 0 aliphatic heterocycles. The molecule has 1 aromatic rings. The topological polar surface area (TPSA) is 71.5 Å². The molecule has 1 heterocycles. The maximum atomic E-state index is 12.8. The molecular formula is C18H25N3O3. The van der Waals surface area contributed by atoms with Crippen LogP contribution in [0.1, 0.15) is 39.5 Å². The second-order valence-electron chi connectivity index (χ2n) is 7.37. The van der Waals surface area contributed by atoms with Gasteiger partial charge < -0.3 is 15.0 Å². The summed E-state index contributed by atoms with van der Waals surface area (Å²) in [6.07, 6.45) is 4.81. The van der Waals surface area contributed by atoms with Gasteiger partial charge in [-0.2, -0.15) is 0 Å². The van der Waals surface area contributed by atoms with Gasteiger partial charge in [-0.05, 0) is 45.6 Å². The first-order valence-electron chi connectivity index (χ1n) is 8.47. The SMILES string of the molecule is CC(C)Oc1ccc(NC(=O)C2(C3(C(=O)N(C)C)CC3)CC2)cn1. The number of nitrogens with one attached hydrogen (secondary N) is 1. The monoisotopic (exact) mass is 331 g/mol. The van der Waals surface area contributed by atoms with Gasteiger partial charge in [0, 0.05) is 20.2 Å². The Balaban J connectivity index is 1.70. The minimum Gasteiger partial charge on any atom is -0.475 e. The summed E-state index contributed by atoms with van der Waals surface area (Å²) >= 11 is 0. The molecule has 1 aromatic heterocycles. The van der Waals surface area contributed by atoms with Gasteiger partial charge in [-0.15, -0.1) is 0 Å². The Hall–Kier alpha value is -2.11. The molecule has 1 N–H and O–H groups in total. The summed E-state index contributed by atoms with van der Waals surface area (Å²) in [5.41, 5.74) is -0.397. The normalized spacial score (nSPS) is 19.5. The second kappa shape index (κ2) is 5.76. The molecule has 0 atom stereocenters. The molecule has 0 unspecified atom stereocenters. The molecule has 130 valence electrons. The lowest BCUT2D eigenvalue weighted by atomic mass is 9.83. The fraction of sp³-hybridized carbons (Fsp3) is 0.611. The molecule has 2 aliphatic carbocycles. The molecule has 2 fully saturated rings. The average Bonchev–Trinajstić information content (AvgIpc) is 3.40. The Bertz CT molecular complexity index is 644. The van der Waals surface area contributed by atoms with Gasteiger partial charge >= 0.3 is 0 Å². The largest absolute Gasteiger partial charge is 0.475 e. The fourth-order valence-corrected chi connectivity index (χ4v) is 3.51. The van der Waals surface area contributed by atoms with Crippen LogP contribution < -0.4 is 10.1 Å². The highest BCUT2D eigenvalue weighted by Crippen LogP contribution is 2.71. The molecular weight excluding hydrogens is 306 g/mol. The molecule has 6 nitrogen and oxygen atoms in total. The molecule has 24 heavy (non-hydrogen) atoms. The van der Waals surface area contributed by atoms with E-state index in [2.05, 4.69) is 10.3 Å². The molecule has 0 bridgehead atoms. The van der Waals surface area contributed by atoms with E-state index in [0.29, 0.717) is 11.6 Å². The molecule has 0 saturated heterocycles. The van der Waals surface area contributed by atoms with Crippen LogP contribution >= 0.6 is 0 Å². The summed E-state index contributed by atoms with van der Waals surface area (Å²) in [7, 11) is 3.52. The Labute approximate surface area is 142 Å². The van der Waals surface area contributed by atoms with Crippen LogP contribution in [-0.4, -0.2) is 41.9 Å². The Kier molecular flexibility index (Phi) is 4.01. The molecule has 0 radical (unpaired) electrons. The maximum absolute atomic E-state index is 12.8. The highest BCUT2D eigenvalue weighted by Gasteiger charge is 2.73. The summed E-state index contributed by atoms with van der Waals surface area (Å²) in [4.78, 5) is 31.2. The fourth-order valence-electron chi connectivity index (χ4n) is 3.51. The van der Waals surface area contributed by atoms with E-state index < -0.39 is 10.8 Å². The predicted octanol–water partition coefficient (Wildman–Crippen LogP) is 2.46. The van der Waals surface area contributed by atoms with E-state index in [-0.39, 0.29) is 17.9 Å². The lowest BCUT2D eigenvalue weighted by molar-refractivity contribution is -0.141. The summed E-state index contributed by atoms with van der Waals surface area (Å²) < 4.78 is 5.50. The van der Waals surface area contributed by atoms with Gasteiger partial charge in [-0.3, -0.25) is 9.59 Å². The number of carbonyl (C=O) groups is 2. The van der Waals surface area contributed by atoms with Gasteiger partial charge in [0.25, 0.3) is 0 Å². The zero-order valence-electron chi connectivity index (χ0n) is 14.8. The number of aromatic nitrogens is 1. The molecule has 6 heteroatoms.